The van der Waals surface area contributed by atoms with E-state index in [1.807, 2.05) is 0 Å². The van der Waals surface area contributed by atoms with Crippen molar-refractivity contribution in [3.63, 3.8) is 0 Å². The Balaban J connectivity index is 2.04. The number of carbonyl (C=O) groups is 2. The highest BCUT2D eigenvalue weighted by atomic mass is 19.3. The Kier molecular flexibility index (Phi) is 4.13. The molecule has 0 aromatic heterocycles. The lowest BCUT2D eigenvalue weighted by atomic mass is 9.70. The number of ether oxygens (including phenoxy) is 1. The number of hydrogen-bond acceptors (Lipinski definition) is 3. The largest absolute Gasteiger partial charge is 0.481 e. The molecule has 0 bridgehead atoms. The first-order valence-electron chi connectivity index (χ1n) is 7.53. The molecule has 1 aliphatic carbocycles. The third-order valence-corrected chi connectivity index (χ3v) is 4.56. The van der Waals surface area contributed by atoms with Crippen molar-refractivity contribution in [2.45, 2.75) is 58.0 Å². The molecule has 0 radical (unpaired) electrons. The van der Waals surface area contributed by atoms with E-state index >= 15 is 0 Å². The average Bonchev–Trinajstić information content (AvgIpc) is 2.59. The molecule has 0 aromatic rings. The molecule has 1 aliphatic heterocycles. The maximum Gasteiger partial charge on any atom is 0.410 e. The minimum absolute atomic E-state index is 0.259. The number of alkyl halides is 2. The van der Waals surface area contributed by atoms with E-state index < -0.39 is 47.8 Å². The van der Waals surface area contributed by atoms with Gasteiger partial charge in [-0.05, 0) is 39.0 Å². The summed E-state index contributed by atoms with van der Waals surface area (Å²) in [5, 5.41) is 9.25. The first-order valence-corrected chi connectivity index (χ1v) is 7.53. The summed E-state index contributed by atoms with van der Waals surface area (Å²) in [5.74, 6) is -5.14. The number of carboxylic acids is 1. The highest BCUT2D eigenvalue weighted by Crippen LogP contribution is 2.56. The van der Waals surface area contributed by atoms with Gasteiger partial charge in [0.15, 0.2) is 0 Å². The molecular formula is C15H23F2NO4. The number of rotatable bonds is 1. The fourth-order valence-corrected chi connectivity index (χ4v) is 3.56. The number of halogens is 2. The van der Waals surface area contributed by atoms with Crippen LogP contribution in [0, 0.1) is 11.3 Å². The average molecular weight is 319 g/mol. The fraction of sp³-hybridized carbons (Fsp3) is 0.867. The molecule has 5 nitrogen and oxygen atoms in total. The highest BCUT2D eigenvalue weighted by Gasteiger charge is 2.59. The van der Waals surface area contributed by atoms with Crippen LogP contribution in [0.1, 0.15) is 46.5 Å². The number of nitrogens with zero attached hydrogens (tertiary/aromatic N) is 1. The summed E-state index contributed by atoms with van der Waals surface area (Å²) >= 11 is 0. The fourth-order valence-electron chi connectivity index (χ4n) is 3.56. The van der Waals surface area contributed by atoms with E-state index in [1.165, 1.54) is 4.90 Å². The van der Waals surface area contributed by atoms with E-state index in [-0.39, 0.29) is 25.9 Å². The second-order valence-corrected chi connectivity index (χ2v) is 7.46. The van der Waals surface area contributed by atoms with Crippen molar-refractivity contribution in [2.24, 2.45) is 11.3 Å². The van der Waals surface area contributed by atoms with Gasteiger partial charge in [-0.25, -0.2) is 13.6 Å². The van der Waals surface area contributed by atoms with Gasteiger partial charge < -0.3 is 14.7 Å². The van der Waals surface area contributed by atoms with Crippen LogP contribution in [0.3, 0.4) is 0 Å². The third kappa shape index (κ3) is 3.50. The zero-order valence-electron chi connectivity index (χ0n) is 13.2. The van der Waals surface area contributed by atoms with Crippen LogP contribution in [0.2, 0.25) is 0 Å². The second-order valence-electron chi connectivity index (χ2n) is 7.46. The molecule has 0 aromatic carbocycles. The van der Waals surface area contributed by atoms with Crippen molar-refractivity contribution in [1.82, 2.24) is 4.90 Å². The zero-order valence-corrected chi connectivity index (χ0v) is 13.2. The van der Waals surface area contributed by atoms with Crippen LogP contribution in [-0.2, 0) is 9.53 Å². The molecule has 2 fully saturated rings. The summed E-state index contributed by atoms with van der Waals surface area (Å²) < 4.78 is 32.7. The summed E-state index contributed by atoms with van der Waals surface area (Å²) in [5.41, 5.74) is -1.52. The van der Waals surface area contributed by atoms with E-state index in [2.05, 4.69) is 0 Å². The number of carboxylic acid groups (broad SMARTS) is 1. The number of hydrogen-bond donors (Lipinski definition) is 1. The Labute approximate surface area is 128 Å². The molecular weight excluding hydrogens is 296 g/mol. The van der Waals surface area contributed by atoms with Crippen LogP contribution in [0.25, 0.3) is 0 Å². The number of likely N-dealkylation sites (tertiary alicyclic amines) is 1. The predicted molar refractivity (Wildman–Crippen MR) is 74.8 cm³/mol. The van der Waals surface area contributed by atoms with E-state index in [1.54, 1.807) is 20.8 Å². The molecule has 1 heterocycles. The van der Waals surface area contributed by atoms with Crippen molar-refractivity contribution < 1.29 is 28.2 Å². The minimum Gasteiger partial charge on any atom is -0.481 e. The van der Waals surface area contributed by atoms with E-state index in [0.29, 0.717) is 0 Å². The van der Waals surface area contributed by atoms with Crippen LogP contribution < -0.4 is 0 Å². The lowest BCUT2D eigenvalue weighted by Gasteiger charge is -2.41. The van der Waals surface area contributed by atoms with Crippen molar-refractivity contribution in [3.8, 4) is 0 Å². The number of aliphatic carboxylic acids is 1. The maximum absolute atomic E-state index is 13.7. The topological polar surface area (TPSA) is 66.8 Å². The van der Waals surface area contributed by atoms with Gasteiger partial charge in [0.1, 0.15) is 5.60 Å². The van der Waals surface area contributed by atoms with Gasteiger partial charge in [0, 0.05) is 25.9 Å². The molecule has 1 amide bonds. The standard InChI is InChI=1S/C15H23F2NO4/c1-13(2,3)22-12(21)18-6-4-14(5-7-18)9-15(16,17)8-10(14)11(19)20/h10H,4-9H2,1-3H3,(H,19,20)/t10-/m1/s1. The monoisotopic (exact) mass is 319 g/mol. The molecule has 0 unspecified atom stereocenters. The van der Waals surface area contributed by atoms with E-state index in [4.69, 9.17) is 4.74 Å². The number of carbonyl (C=O) groups excluding carboxylic acids is 1. The van der Waals surface area contributed by atoms with Gasteiger partial charge in [-0.2, -0.15) is 0 Å². The molecule has 22 heavy (non-hydrogen) atoms. The SMILES string of the molecule is CC(C)(C)OC(=O)N1CCC2(CC1)CC(F)(F)C[C@@H]2C(=O)O. The first-order chi connectivity index (χ1) is 9.94. The zero-order chi connectivity index (χ0) is 16.8. The molecule has 1 spiro atoms. The van der Waals surface area contributed by atoms with Crippen LogP contribution in [0.4, 0.5) is 13.6 Å². The van der Waals surface area contributed by atoms with Crippen molar-refractivity contribution in [1.29, 1.82) is 0 Å². The van der Waals surface area contributed by atoms with Crippen molar-refractivity contribution >= 4 is 12.1 Å². The van der Waals surface area contributed by atoms with E-state index in [9.17, 15) is 23.5 Å². The summed E-state index contributed by atoms with van der Waals surface area (Å²) in [7, 11) is 0. The van der Waals surface area contributed by atoms with E-state index in [0.717, 1.165) is 0 Å². The lowest BCUT2D eigenvalue weighted by molar-refractivity contribution is -0.147. The van der Waals surface area contributed by atoms with Crippen LogP contribution in [-0.4, -0.2) is 46.7 Å². The molecule has 1 N–H and O–H groups in total. The minimum atomic E-state index is -2.93. The summed E-state index contributed by atoms with van der Waals surface area (Å²) in [6, 6.07) is 0. The van der Waals surface area contributed by atoms with Gasteiger partial charge in [-0.15, -0.1) is 0 Å². The number of amides is 1. The summed E-state index contributed by atoms with van der Waals surface area (Å²) in [6.07, 6.45) is -0.926. The molecule has 126 valence electrons. The predicted octanol–water partition coefficient (Wildman–Crippen LogP) is 3.13. The second kappa shape index (κ2) is 5.35. The Morgan fingerprint density at radius 2 is 1.77 bits per heavy atom. The normalized spacial score (nSPS) is 27.0. The first kappa shape index (κ1) is 17.0. The Morgan fingerprint density at radius 3 is 2.23 bits per heavy atom. The molecule has 1 saturated heterocycles. The maximum atomic E-state index is 13.7. The quantitative estimate of drug-likeness (QED) is 0.806. The third-order valence-electron chi connectivity index (χ3n) is 4.56. The van der Waals surface area contributed by atoms with Gasteiger partial charge >= 0.3 is 12.1 Å². The van der Waals surface area contributed by atoms with Gasteiger partial charge in [0.2, 0.25) is 5.92 Å². The molecule has 7 heteroatoms. The van der Waals surface area contributed by atoms with Crippen molar-refractivity contribution in [3.05, 3.63) is 0 Å². The van der Waals surface area contributed by atoms with Gasteiger partial charge in [-0.3, -0.25) is 4.79 Å². The smallest absolute Gasteiger partial charge is 0.410 e. The van der Waals surface area contributed by atoms with Crippen molar-refractivity contribution in [2.75, 3.05) is 13.1 Å². The summed E-state index contributed by atoms with van der Waals surface area (Å²) in [6.45, 7) is 5.79. The lowest BCUT2D eigenvalue weighted by Crippen LogP contribution is -2.47. The van der Waals surface area contributed by atoms with Crippen LogP contribution in [0.5, 0.6) is 0 Å². The highest BCUT2D eigenvalue weighted by molar-refractivity contribution is 5.72. The Hall–Kier alpha value is -1.40. The Bertz CT molecular complexity index is 465. The van der Waals surface area contributed by atoms with Gasteiger partial charge in [0.05, 0.1) is 5.92 Å². The van der Waals surface area contributed by atoms with Gasteiger partial charge in [0.25, 0.3) is 0 Å². The molecule has 2 rings (SSSR count). The molecule has 1 saturated carbocycles. The number of piperidine rings is 1. The van der Waals surface area contributed by atoms with Crippen LogP contribution in [0.15, 0.2) is 0 Å². The molecule has 2 aliphatic rings. The van der Waals surface area contributed by atoms with Gasteiger partial charge in [-0.1, -0.05) is 0 Å². The van der Waals surface area contributed by atoms with Crippen LogP contribution >= 0.6 is 0 Å². The summed E-state index contributed by atoms with van der Waals surface area (Å²) in [4.78, 5) is 24.8. The Morgan fingerprint density at radius 1 is 1.23 bits per heavy atom. The molecule has 1 atom stereocenters.